The molecule has 2 aliphatic heterocycles. The van der Waals surface area contributed by atoms with Gasteiger partial charge in [0.15, 0.2) is 23.2 Å². The van der Waals surface area contributed by atoms with Crippen molar-refractivity contribution < 1.29 is 37.2 Å². The molecule has 1 N–H and O–H groups in total. The maximum atomic E-state index is 15.3. The Morgan fingerprint density at radius 1 is 1.02 bits per heavy atom. The zero-order valence-electron chi connectivity index (χ0n) is 23.9. The molecule has 0 bridgehead atoms. The second kappa shape index (κ2) is 11.8. The van der Waals surface area contributed by atoms with Gasteiger partial charge in [0, 0.05) is 30.9 Å². The number of hydrogen-bond acceptors (Lipinski definition) is 7. The Labute approximate surface area is 250 Å². The van der Waals surface area contributed by atoms with Gasteiger partial charge in [-0.15, -0.1) is 4.90 Å². The lowest BCUT2D eigenvalue weighted by Crippen LogP contribution is -2.55. The van der Waals surface area contributed by atoms with Crippen LogP contribution in [0.4, 0.5) is 30.6 Å². The quantitative estimate of drug-likeness (QED) is 0.246. The minimum absolute atomic E-state index is 0.0791. The fourth-order valence-corrected chi connectivity index (χ4v) is 5.10. The lowest BCUT2D eigenvalue weighted by molar-refractivity contribution is -0.459. The molecule has 1 unspecified atom stereocenters. The predicted octanol–water partition coefficient (Wildman–Crippen LogP) is 4.45. The number of halogens is 2. The number of amides is 4. The molecule has 0 radical (unpaired) electrons. The van der Waals surface area contributed by atoms with Crippen LogP contribution in [0.5, 0.6) is 11.5 Å². The lowest BCUT2D eigenvalue weighted by Gasteiger charge is -2.29. The summed E-state index contributed by atoms with van der Waals surface area (Å²) in [5.74, 6) is -3.97. The van der Waals surface area contributed by atoms with Gasteiger partial charge in [-0.25, -0.2) is 18.1 Å². The monoisotopic (exact) mass is 603 g/mol. The van der Waals surface area contributed by atoms with E-state index in [-0.39, 0.29) is 23.2 Å². The number of fused-ring (bicyclic) bond motifs is 1. The van der Waals surface area contributed by atoms with E-state index in [2.05, 4.69) is 15.3 Å². The largest absolute Gasteiger partial charge is 0.505 e. The summed E-state index contributed by atoms with van der Waals surface area (Å²) in [6.45, 7) is 6.03. The fraction of sp³-hybridized carbons (Fsp3) is 0.258. The van der Waals surface area contributed by atoms with E-state index in [1.165, 1.54) is 35.1 Å². The number of hydrogen-bond donors (Lipinski definition) is 1. The fourth-order valence-electron chi connectivity index (χ4n) is 5.10. The van der Waals surface area contributed by atoms with Crippen LogP contribution in [0.15, 0.2) is 67.0 Å². The zero-order valence-corrected chi connectivity index (χ0v) is 23.9. The molecule has 1 fully saturated rings. The molecule has 6 rings (SSSR count). The van der Waals surface area contributed by atoms with Gasteiger partial charge in [-0.2, -0.15) is 14.5 Å². The van der Waals surface area contributed by atoms with Gasteiger partial charge in [0.1, 0.15) is 17.0 Å². The highest BCUT2D eigenvalue weighted by Gasteiger charge is 2.48. The Kier molecular flexibility index (Phi) is 7.78. The molecule has 2 aromatic heterocycles. The van der Waals surface area contributed by atoms with Crippen molar-refractivity contribution >= 4 is 46.6 Å². The number of morpholine rings is 1. The summed E-state index contributed by atoms with van der Waals surface area (Å²) in [4.78, 5) is 42.7. The first-order chi connectivity index (χ1) is 21.2. The van der Waals surface area contributed by atoms with E-state index in [4.69, 9.17) is 9.47 Å². The van der Waals surface area contributed by atoms with E-state index < -0.39 is 35.4 Å². The third kappa shape index (κ3) is 5.61. The van der Waals surface area contributed by atoms with Gasteiger partial charge in [0.25, 0.3) is 0 Å². The number of nitrogens with zero attached hydrogens (tertiary/aromatic N) is 5. The van der Waals surface area contributed by atoms with Crippen molar-refractivity contribution in [2.45, 2.75) is 19.9 Å². The predicted molar refractivity (Wildman–Crippen MR) is 158 cm³/mol. The first-order valence-corrected chi connectivity index (χ1v) is 14.0. The number of rotatable bonds is 7. The molecule has 226 valence electrons. The molecule has 1 atom stereocenters. The Hall–Kier alpha value is -5.17. The average molecular weight is 604 g/mol. The summed E-state index contributed by atoms with van der Waals surface area (Å²) in [6.07, 6.45) is 4.74. The molecule has 0 saturated carbocycles. The highest BCUT2D eigenvalue weighted by Crippen LogP contribution is 2.33. The van der Waals surface area contributed by atoms with Crippen LogP contribution in [0.1, 0.15) is 13.8 Å². The van der Waals surface area contributed by atoms with Crippen molar-refractivity contribution in [1.82, 2.24) is 9.61 Å². The molecule has 4 aromatic rings. The van der Waals surface area contributed by atoms with Gasteiger partial charge in [0.05, 0.1) is 43.6 Å². The molecule has 11 nitrogen and oxygen atoms in total. The zero-order chi connectivity index (χ0) is 31.0. The van der Waals surface area contributed by atoms with Crippen LogP contribution in [-0.4, -0.2) is 70.6 Å². The number of anilines is 3. The number of carbonyl (C=O) groups is 3. The van der Waals surface area contributed by atoms with E-state index in [9.17, 15) is 18.8 Å². The number of nitrogens with one attached hydrogen (secondary N) is 1. The molecule has 13 heteroatoms. The van der Waals surface area contributed by atoms with Gasteiger partial charge in [-0.05, 0) is 56.3 Å². The Morgan fingerprint density at radius 3 is 2.48 bits per heavy atom. The molecular formula is C31H29F2N6O5+. The van der Waals surface area contributed by atoms with Crippen molar-refractivity contribution in [1.29, 1.82) is 0 Å². The van der Waals surface area contributed by atoms with E-state index >= 15 is 4.39 Å². The van der Waals surface area contributed by atoms with Crippen molar-refractivity contribution in [3.63, 3.8) is 0 Å². The van der Waals surface area contributed by atoms with E-state index in [0.717, 1.165) is 28.8 Å². The molecular weight excluding hydrogens is 574 g/mol. The van der Waals surface area contributed by atoms with Crippen molar-refractivity contribution in [3.8, 4) is 11.5 Å². The normalized spacial score (nSPS) is 17.3. The van der Waals surface area contributed by atoms with Crippen molar-refractivity contribution in [2.24, 2.45) is 5.92 Å². The van der Waals surface area contributed by atoms with Gasteiger partial charge in [-0.1, -0.05) is 0 Å². The van der Waals surface area contributed by atoms with Gasteiger partial charge in [-0.3, -0.25) is 4.79 Å². The lowest BCUT2D eigenvalue weighted by atomic mass is 10.0. The van der Waals surface area contributed by atoms with Crippen LogP contribution in [0.3, 0.4) is 0 Å². The SMILES string of the molecule is CC(C)[N+]1=CC(C(=O)Nc2ccc(Oc3cc(N4CCOCC4)cn4nccc34)c(F)c2)C(=O)N(c2ccc(F)cc2)C1=O. The second-order valence-electron chi connectivity index (χ2n) is 10.6. The highest BCUT2D eigenvalue weighted by molar-refractivity contribution is 6.28. The Morgan fingerprint density at radius 2 is 1.77 bits per heavy atom. The smallest absolute Gasteiger partial charge is 0.452 e. The topological polar surface area (TPSA) is 108 Å². The standard InChI is InChI=1S/C31H28F2N6O5/c1-19(2)37-18-24(30(41)39(31(37)42)22-6-3-20(32)4-7-22)29(40)35-21-5-8-27(25(33)15-21)44-28-16-23(36-11-13-43-14-12-36)17-38-26(28)9-10-34-38/h3-10,15-19,24H,11-14H2,1-2H3/p+1. The maximum absolute atomic E-state index is 15.3. The minimum atomic E-state index is -1.41. The van der Waals surface area contributed by atoms with Gasteiger partial charge < -0.3 is 19.7 Å². The van der Waals surface area contributed by atoms with Crippen LogP contribution in [0.2, 0.25) is 0 Å². The number of ether oxygens (including phenoxy) is 2. The second-order valence-corrected chi connectivity index (χ2v) is 10.6. The summed E-state index contributed by atoms with van der Waals surface area (Å²) in [6, 6.07) is 11.2. The average Bonchev–Trinajstić information content (AvgIpc) is 3.49. The molecule has 4 heterocycles. The summed E-state index contributed by atoms with van der Waals surface area (Å²) < 4.78 is 43.2. The molecule has 0 aliphatic carbocycles. The van der Waals surface area contributed by atoms with Crippen molar-refractivity contribution in [2.75, 3.05) is 41.4 Å². The summed E-state index contributed by atoms with van der Waals surface area (Å²) in [7, 11) is 0. The van der Waals surface area contributed by atoms with Gasteiger partial charge >= 0.3 is 11.9 Å². The van der Waals surface area contributed by atoms with E-state index in [1.807, 2.05) is 12.3 Å². The van der Waals surface area contributed by atoms with Crippen LogP contribution in [0.25, 0.3) is 5.52 Å². The first-order valence-electron chi connectivity index (χ1n) is 14.0. The molecule has 44 heavy (non-hydrogen) atoms. The summed E-state index contributed by atoms with van der Waals surface area (Å²) in [5.41, 5.74) is 1.69. The summed E-state index contributed by atoms with van der Waals surface area (Å²) in [5, 5.41) is 6.87. The van der Waals surface area contributed by atoms with E-state index in [1.54, 1.807) is 30.6 Å². The summed E-state index contributed by atoms with van der Waals surface area (Å²) >= 11 is 0. The van der Waals surface area contributed by atoms with Crippen molar-refractivity contribution in [3.05, 3.63) is 78.6 Å². The number of benzene rings is 2. The molecule has 0 spiro atoms. The number of aromatic nitrogens is 2. The third-order valence-corrected chi connectivity index (χ3v) is 7.38. The van der Waals surface area contributed by atoms with E-state index in [0.29, 0.717) is 37.6 Å². The molecule has 2 aliphatic rings. The van der Waals surface area contributed by atoms with Crippen LogP contribution in [0, 0.1) is 17.6 Å². The van der Waals surface area contributed by atoms with Gasteiger partial charge in [0.2, 0.25) is 5.91 Å². The Bertz CT molecular complexity index is 1780. The highest BCUT2D eigenvalue weighted by atomic mass is 19.1. The van der Waals surface area contributed by atoms with Crippen LogP contribution < -0.4 is 19.9 Å². The van der Waals surface area contributed by atoms with Crippen LogP contribution >= 0.6 is 0 Å². The number of urea groups is 1. The number of imide groups is 1. The first kappa shape index (κ1) is 28.9. The third-order valence-electron chi connectivity index (χ3n) is 7.38. The Balaban J connectivity index is 1.23. The molecule has 1 saturated heterocycles. The maximum Gasteiger partial charge on any atom is 0.505 e. The number of pyridine rings is 1. The van der Waals surface area contributed by atoms with Crippen LogP contribution in [-0.2, 0) is 14.3 Å². The number of carbonyl (C=O) groups excluding carboxylic acids is 3. The molecule has 2 aromatic carbocycles. The molecule has 4 amide bonds. The minimum Gasteiger partial charge on any atom is -0.452 e.